The zero-order valence-corrected chi connectivity index (χ0v) is 16.7. The molecule has 1 fully saturated rings. The van der Waals surface area contributed by atoms with Crippen LogP contribution in [0.2, 0.25) is 0 Å². The summed E-state index contributed by atoms with van der Waals surface area (Å²) in [6, 6.07) is 3.84. The number of carbonyl (C=O) groups excluding carboxylic acids is 1. The Morgan fingerprint density at radius 2 is 2.00 bits per heavy atom. The minimum absolute atomic E-state index is 0.0342. The summed E-state index contributed by atoms with van der Waals surface area (Å²) < 4.78 is 33.2. The summed E-state index contributed by atoms with van der Waals surface area (Å²) >= 11 is 0. The lowest BCUT2D eigenvalue weighted by Gasteiger charge is -2.37. The molecule has 1 heterocycles. The standard InChI is InChI=1S/C22H28F2N2O2/c1-13(2)15-8-7-14(3)11-18(15)26-20(27)9-10-21-25-12-19(28-21)22-16(23)5-4-6-17(22)24/h4-6,12-15,18H,7-11H2,1-3H3,(H,26,27)/t14-,15+,18+/m1/s1. The minimum Gasteiger partial charge on any atom is -0.441 e. The van der Waals surface area contributed by atoms with Gasteiger partial charge in [-0.25, -0.2) is 13.8 Å². The van der Waals surface area contributed by atoms with E-state index in [0.29, 0.717) is 23.6 Å². The molecule has 1 saturated carbocycles. The molecule has 1 aromatic carbocycles. The summed E-state index contributed by atoms with van der Waals surface area (Å²) in [5.41, 5.74) is -0.235. The number of carbonyl (C=O) groups is 1. The van der Waals surface area contributed by atoms with E-state index >= 15 is 0 Å². The van der Waals surface area contributed by atoms with Crippen LogP contribution >= 0.6 is 0 Å². The first kappa shape index (κ1) is 20.5. The van der Waals surface area contributed by atoms with Crippen molar-refractivity contribution in [2.45, 2.75) is 58.9 Å². The highest BCUT2D eigenvalue weighted by molar-refractivity contribution is 5.76. The molecule has 1 aromatic heterocycles. The Labute approximate surface area is 164 Å². The van der Waals surface area contributed by atoms with E-state index in [2.05, 4.69) is 31.1 Å². The summed E-state index contributed by atoms with van der Waals surface area (Å²) in [7, 11) is 0. The average molecular weight is 390 g/mol. The van der Waals surface area contributed by atoms with Gasteiger partial charge in [0.1, 0.15) is 11.6 Å². The van der Waals surface area contributed by atoms with Gasteiger partial charge in [-0.05, 0) is 42.7 Å². The smallest absolute Gasteiger partial charge is 0.220 e. The van der Waals surface area contributed by atoms with Crippen molar-refractivity contribution >= 4 is 5.91 Å². The van der Waals surface area contributed by atoms with Crippen LogP contribution in [0.4, 0.5) is 8.78 Å². The summed E-state index contributed by atoms with van der Waals surface area (Å²) in [4.78, 5) is 16.5. The predicted molar refractivity (Wildman–Crippen MR) is 103 cm³/mol. The van der Waals surface area contributed by atoms with E-state index < -0.39 is 11.6 Å². The molecule has 6 heteroatoms. The highest BCUT2D eigenvalue weighted by Gasteiger charge is 2.31. The number of benzene rings is 1. The second kappa shape index (κ2) is 8.84. The zero-order valence-electron chi connectivity index (χ0n) is 16.7. The number of hydrogen-bond acceptors (Lipinski definition) is 3. The second-order valence-electron chi connectivity index (χ2n) is 8.22. The molecular formula is C22H28F2N2O2. The molecule has 1 amide bonds. The van der Waals surface area contributed by atoms with Crippen molar-refractivity contribution in [3.05, 3.63) is 41.9 Å². The Balaban J connectivity index is 1.59. The lowest BCUT2D eigenvalue weighted by molar-refractivity contribution is -0.122. The highest BCUT2D eigenvalue weighted by Crippen LogP contribution is 2.33. The molecule has 0 radical (unpaired) electrons. The molecule has 0 spiro atoms. The van der Waals surface area contributed by atoms with Gasteiger partial charge in [0, 0.05) is 18.9 Å². The number of aryl methyl sites for hydroxylation is 1. The first-order valence-electron chi connectivity index (χ1n) is 10.0. The Morgan fingerprint density at radius 3 is 2.68 bits per heavy atom. The van der Waals surface area contributed by atoms with Gasteiger partial charge in [0.05, 0.1) is 11.8 Å². The lowest BCUT2D eigenvalue weighted by atomic mass is 9.74. The van der Waals surface area contributed by atoms with Gasteiger partial charge in [-0.1, -0.05) is 33.3 Å². The first-order chi connectivity index (χ1) is 13.3. The molecule has 152 valence electrons. The number of hydrogen-bond donors (Lipinski definition) is 1. The van der Waals surface area contributed by atoms with Crippen LogP contribution in [0.1, 0.15) is 52.3 Å². The number of halogens is 2. The molecule has 4 nitrogen and oxygen atoms in total. The van der Waals surface area contributed by atoms with E-state index in [4.69, 9.17) is 4.42 Å². The number of nitrogens with zero attached hydrogens (tertiary/aromatic N) is 1. The topological polar surface area (TPSA) is 55.1 Å². The van der Waals surface area contributed by atoms with Crippen LogP contribution in [0.3, 0.4) is 0 Å². The van der Waals surface area contributed by atoms with Gasteiger partial charge in [0.25, 0.3) is 0 Å². The largest absolute Gasteiger partial charge is 0.441 e. The van der Waals surface area contributed by atoms with E-state index in [1.807, 2.05) is 0 Å². The fourth-order valence-electron chi connectivity index (χ4n) is 4.14. The van der Waals surface area contributed by atoms with Gasteiger partial charge in [-0.3, -0.25) is 4.79 Å². The fraction of sp³-hybridized carbons (Fsp3) is 0.545. The summed E-state index contributed by atoms with van der Waals surface area (Å²) in [6.07, 6.45) is 5.17. The number of amides is 1. The number of oxazole rings is 1. The van der Waals surface area contributed by atoms with Crippen LogP contribution in [0, 0.1) is 29.4 Å². The van der Waals surface area contributed by atoms with Crippen LogP contribution in [-0.4, -0.2) is 16.9 Å². The molecule has 1 aliphatic carbocycles. The van der Waals surface area contributed by atoms with Crippen LogP contribution in [0.25, 0.3) is 11.3 Å². The monoisotopic (exact) mass is 390 g/mol. The third-order valence-corrected chi connectivity index (χ3v) is 5.70. The second-order valence-corrected chi connectivity index (χ2v) is 8.22. The molecule has 0 unspecified atom stereocenters. The van der Waals surface area contributed by atoms with Crippen molar-refractivity contribution < 1.29 is 18.0 Å². The van der Waals surface area contributed by atoms with E-state index in [1.165, 1.54) is 30.8 Å². The molecule has 1 N–H and O–H groups in total. The van der Waals surface area contributed by atoms with Crippen LogP contribution in [0.5, 0.6) is 0 Å². The minimum atomic E-state index is -0.702. The fourth-order valence-corrected chi connectivity index (χ4v) is 4.14. The maximum Gasteiger partial charge on any atom is 0.220 e. The molecule has 3 rings (SSSR count). The normalized spacial score (nSPS) is 22.4. The summed E-state index contributed by atoms with van der Waals surface area (Å²) in [5.74, 6) is 0.530. The zero-order chi connectivity index (χ0) is 20.3. The Hall–Kier alpha value is -2.24. The number of nitrogens with one attached hydrogen (secondary N) is 1. The quantitative estimate of drug-likeness (QED) is 0.744. The maximum absolute atomic E-state index is 13.9. The third-order valence-electron chi connectivity index (χ3n) is 5.70. The van der Waals surface area contributed by atoms with Crippen molar-refractivity contribution in [3.63, 3.8) is 0 Å². The van der Waals surface area contributed by atoms with Crippen LogP contribution < -0.4 is 5.32 Å². The average Bonchev–Trinajstić information content (AvgIpc) is 3.08. The summed E-state index contributed by atoms with van der Waals surface area (Å²) in [6.45, 7) is 6.64. The van der Waals surface area contributed by atoms with E-state index in [9.17, 15) is 13.6 Å². The van der Waals surface area contributed by atoms with Gasteiger partial charge in [0.2, 0.25) is 5.91 Å². The molecule has 0 aliphatic heterocycles. The Morgan fingerprint density at radius 1 is 1.29 bits per heavy atom. The molecule has 0 bridgehead atoms. The van der Waals surface area contributed by atoms with Crippen molar-refractivity contribution in [2.24, 2.45) is 17.8 Å². The van der Waals surface area contributed by atoms with Crippen LogP contribution in [0.15, 0.2) is 28.8 Å². The Bertz CT molecular complexity index is 798. The lowest BCUT2D eigenvalue weighted by Crippen LogP contribution is -2.45. The third kappa shape index (κ3) is 4.78. The highest BCUT2D eigenvalue weighted by atomic mass is 19.1. The van der Waals surface area contributed by atoms with Crippen LogP contribution in [-0.2, 0) is 11.2 Å². The summed E-state index contributed by atoms with van der Waals surface area (Å²) in [5, 5.41) is 3.18. The Kier molecular flexibility index (Phi) is 6.47. The predicted octanol–water partition coefficient (Wildman–Crippen LogP) is 5.13. The van der Waals surface area contributed by atoms with Crippen molar-refractivity contribution in [1.82, 2.24) is 10.3 Å². The van der Waals surface area contributed by atoms with Crippen molar-refractivity contribution in [2.75, 3.05) is 0 Å². The van der Waals surface area contributed by atoms with Crippen molar-refractivity contribution in [3.8, 4) is 11.3 Å². The number of rotatable bonds is 6. The molecule has 2 aromatic rings. The van der Waals surface area contributed by atoms with Gasteiger partial charge < -0.3 is 9.73 Å². The number of aromatic nitrogens is 1. The van der Waals surface area contributed by atoms with Gasteiger partial charge in [0.15, 0.2) is 11.7 Å². The van der Waals surface area contributed by atoms with E-state index in [-0.39, 0.29) is 36.1 Å². The van der Waals surface area contributed by atoms with E-state index in [1.54, 1.807) is 0 Å². The molecule has 0 saturated heterocycles. The molecule has 1 aliphatic rings. The van der Waals surface area contributed by atoms with Gasteiger partial charge in [-0.15, -0.1) is 0 Å². The van der Waals surface area contributed by atoms with Gasteiger partial charge >= 0.3 is 0 Å². The molecule has 28 heavy (non-hydrogen) atoms. The SMILES string of the molecule is CC(C)[C@@H]1CC[C@@H](C)C[C@@H]1NC(=O)CCc1ncc(-c2c(F)cccc2F)o1. The van der Waals surface area contributed by atoms with E-state index in [0.717, 1.165) is 12.8 Å². The first-order valence-corrected chi connectivity index (χ1v) is 10.0. The maximum atomic E-state index is 13.9. The van der Waals surface area contributed by atoms with Gasteiger partial charge in [-0.2, -0.15) is 0 Å². The molecule has 3 atom stereocenters. The molecular weight excluding hydrogens is 362 g/mol. The van der Waals surface area contributed by atoms with Crippen molar-refractivity contribution in [1.29, 1.82) is 0 Å².